The Hall–Kier alpha value is -0.940. The van der Waals surface area contributed by atoms with Crippen molar-refractivity contribution in [3.63, 3.8) is 0 Å². The molecule has 1 aromatic rings. The predicted molar refractivity (Wildman–Crippen MR) is 140 cm³/mol. The summed E-state index contributed by atoms with van der Waals surface area (Å²) < 4.78 is 11.2. The van der Waals surface area contributed by atoms with Gasteiger partial charge in [-0.05, 0) is 49.8 Å². The van der Waals surface area contributed by atoms with Gasteiger partial charge in [0.05, 0.1) is 6.10 Å². The quantitative estimate of drug-likeness (QED) is 0.411. The standard InChI is InChI=1S/C19H32N2O2.4C2H6/c1-22-19-9-3-10-21(16-19)11-5-13-23-12-4-8-17-6-2-7-18(14-17)15-20;4*1-2/h2,6-7,14,19H,3-5,8-13,15-16,20H2,1H3;4*1-2H3. The van der Waals surface area contributed by atoms with E-state index in [0.29, 0.717) is 12.6 Å². The molecule has 0 saturated carbocycles. The van der Waals surface area contributed by atoms with Gasteiger partial charge in [-0.3, -0.25) is 0 Å². The van der Waals surface area contributed by atoms with Gasteiger partial charge in [-0.15, -0.1) is 0 Å². The second-order valence-electron chi connectivity index (χ2n) is 6.39. The zero-order valence-electron chi connectivity index (χ0n) is 22.5. The monoisotopic (exact) mass is 440 g/mol. The summed E-state index contributed by atoms with van der Waals surface area (Å²) in [5, 5.41) is 0. The molecule has 0 spiro atoms. The van der Waals surface area contributed by atoms with Gasteiger partial charge in [-0.1, -0.05) is 79.7 Å². The molecule has 0 radical (unpaired) electrons. The summed E-state index contributed by atoms with van der Waals surface area (Å²) in [6.45, 7) is 21.7. The molecule has 1 heterocycles. The summed E-state index contributed by atoms with van der Waals surface area (Å²) in [5.74, 6) is 0. The van der Waals surface area contributed by atoms with Crippen molar-refractivity contribution < 1.29 is 9.47 Å². The van der Waals surface area contributed by atoms with Crippen LogP contribution in [-0.2, 0) is 22.4 Å². The summed E-state index contributed by atoms with van der Waals surface area (Å²) >= 11 is 0. The first kappa shape index (κ1) is 34.7. The van der Waals surface area contributed by atoms with Crippen LogP contribution >= 0.6 is 0 Å². The van der Waals surface area contributed by atoms with Gasteiger partial charge in [0.2, 0.25) is 0 Å². The first-order valence-corrected chi connectivity index (χ1v) is 12.9. The Kier molecular flexibility index (Phi) is 32.5. The highest BCUT2D eigenvalue weighted by molar-refractivity contribution is 5.23. The molecule has 186 valence electrons. The van der Waals surface area contributed by atoms with Gasteiger partial charge in [0.15, 0.2) is 0 Å². The number of aryl methyl sites for hydroxylation is 1. The zero-order valence-corrected chi connectivity index (χ0v) is 22.5. The molecule has 1 aliphatic rings. The van der Waals surface area contributed by atoms with Crippen LogP contribution in [0.2, 0.25) is 0 Å². The van der Waals surface area contributed by atoms with Crippen LogP contribution in [0.4, 0.5) is 0 Å². The van der Waals surface area contributed by atoms with E-state index in [1.807, 2.05) is 62.5 Å². The van der Waals surface area contributed by atoms with Crippen molar-refractivity contribution >= 4 is 0 Å². The van der Waals surface area contributed by atoms with E-state index in [9.17, 15) is 0 Å². The minimum absolute atomic E-state index is 0.425. The molecule has 1 fully saturated rings. The van der Waals surface area contributed by atoms with E-state index in [-0.39, 0.29) is 0 Å². The van der Waals surface area contributed by atoms with Gasteiger partial charge in [0, 0.05) is 40.0 Å². The Labute approximate surface area is 195 Å². The van der Waals surface area contributed by atoms with Crippen molar-refractivity contribution in [1.82, 2.24) is 4.90 Å². The van der Waals surface area contributed by atoms with Crippen molar-refractivity contribution in [2.45, 2.75) is 100 Å². The van der Waals surface area contributed by atoms with E-state index < -0.39 is 0 Å². The normalized spacial score (nSPS) is 15.0. The summed E-state index contributed by atoms with van der Waals surface area (Å²) in [5.41, 5.74) is 8.24. The minimum Gasteiger partial charge on any atom is -0.381 e. The molecule has 0 amide bonds. The number of methoxy groups -OCH3 is 1. The highest BCUT2D eigenvalue weighted by atomic mass is 16.5. The van der Waals surface area contributed by atoms with Crippen LogP contribution in [0.1, 0.15) is 92.2 Å². The highest BCUT2D eigenvalue weighted by Crippen LogP contribution is 2.12. The van der Waals surface area contributed by atoms with Crippen molar-refractivity contribution in [3.05, 3.63) is 35.4 Å². The average molecular weight is 441 g/mol. The molecular formula is C27H56N2O2. The average Bonchev–Trinajstić information content (AvgIpc) is 2.88. The molecule has 1 atom stereocenters. The van der Waals surface area contributed by atoms with Crippen molar-refractivity contribution in [3.8, 4) is 0 Å². The molecule has 1 unspecified atom stereocenters. The Balaban J connectivity index is -0.000000879. The lowest BCUT2D eigenvalue weighted by Gasteiger charge is -2.31. The van der Waals surface area contributed by atoms with Crippen molar-refractivity contribution in [2.24, 2.45) is 5.73 Å². The lowest BCUT2D eigenvalue weighted by Crippen LogP contribution is -2.39. The molecular weight excluding hydrogens is 384 g/mol. The maximum absolute atomic E-state index is 5.77. The number of likely N-dealkylation sites (tertiary alicyclic amines) is 1. The molecule has 4 heteroatoms. The molecule has 0 bridgehead atoms. The van der Waals surface area contributed by atoms with Gasteiger partial charge >= 0.3 is 0 Å². The molecule has 2 rings (SSSR count). The molecule has 1 aromatic carbocycles. The number of piperidine rings is 1. The largest absolute Gasteiger partial charge is 0.381 e. The van der Waals surface area contributed by atoms with Crippen LogP contribution in [0.15, 0.2) is 24.3 Å². The summed E-state index contributed by atoms with van der Waals surface area (Å²) in [6.07, 6.45) is 6.13. The molecule has 0 aliphatic carbocycles. The molecule has 31 heavy (non-hydrogen) atoms. The van der Waals surface area contributed by atoms with Gasteiger partial charge in [0.1, 0.15) is 0 Å². The molecule has 0 aromatic heterocycles. The SMILES string of the molecule is CC.CC.CC.CC.COC1CCCN(CCCOCCCc2cccc(CN)c2)C1. The first-order valence-electron chi connectivity index (χ1n) is 12.9. The number of hydrogen-bond donors (Lipinski definition) is 1. The Morgan fingerprint density at radius 1 is 0.935 bits per heavy atom. The maximum atomic E-state index is 5.77. The summed E-state index contributed by atoms with van der Waals surface area (Å²) in [4.78, 5) is 2.50. The lowest BCUT2D eigenvalue weighted by atomic mass is 10.1. The fourth-order valence-corrected chi connectivity index (χ4v) is 3.19. The number of rotatable bonds is 10. The number of benzene rings is 1. The summed E-state index contributed by atoms with van der Waals surface area (Å²) in [6, 6.07) is 8.53. The van der Waals surface area contributed by atoms with Crippen molar-refractivity contribution in [2.75, 3.05) is 40.0 Å². The van der Waals surface area contributed by atoms with E-state index in [0.717, 1.165) is 45.6 Å². The van der Waals surface area contributed by atoms with E-state index in [1.165, 1.54) is 30.5 Å². The number of ether oxygens (including phenoxy) is 2. The van der Waals surface area contributed by atoms with Crippen LogP contribution in [0.3, 0.4) is 0 Å². The van der Waals surface area contributed by atoms with E-state index in [2.05, 4.69) is 29.2 Å². The van der Waals surface area contributed by atoms with Gasteiger partial charge in [-0.25, -0.2) is 0 Å². The third-order valence-corrected chi connectivity index (χ3v) is 4.54. The molecule has 1 saturated heterocycles. The fourth-order valence-electron chi connectivity index (χ4n) is 3.19. The molecule has 4 nitrogen and oxygen atoms in total. The van der Waals surface area contributed by atoms with E-state index in [1.54, 1.807) is 0 Å². The Morgan fingerprint density at radius 2 is 1.55 bits per heavy atom. The molecule has 2 N–H and O–H groups in total. The number of hydrogen-bond acceptors (Lipinski definition) is 4. The highest BCUT2D eigenvalue weighted by Gasteiger charge is 2.18. The fraction of sp³-hybridized carbons (Fsp3) is 0.778. The van der Waals surface area contributed by atoms with Gasteiger partial charge in [0.25, 0.3) is 0 Å². The van der Waals surface area contributed by atoms with Crippen molar-refractivity contribution in [1.29, 1.82) is 0 Å². The van der Waals surface area contributed by atoms with Crippen LogP contribution in [0, 0.1) is 0 Å². The maximum Gasteiger partial charge on any atom is 0.0698 e. The predicted octanol–water partition coefficient (Wildman–Crippen LogP) is 6.70. The zero-order chi connectivity index (χ0) is 24.3. The number of nitrogens with zero attached hydrogens (tertiary/aromatic N) is 1. The smallest absolute Gasteiger partial charge is 0.0698 e. The summed E-state index contributed by atoms with van der Waals surface area (Å²) in [7, 11) is 1.82. The Bertz CT molecular complexity index is 441. The third-order valence-electron chi connectivity index (χ3n) is 4.54. The van der Waals surface area contributed by atoms with Gasteiger partial charge in [-0.2, -0.15) is 0 Å². The number of nitrogens with two attached hydrogens (primary N) is 1. The third kappa shape index (κ3) is 19.5. The van der Waals surface area contributed by atoms with Crippen LogP contribution in [0.25, 0.3) is 0 Å². The lowest BCUT2D eigenvalue weighted by molar-refractivity contribution is 0.0270. The van der Waals surface area contributed by atoms with Crippen LogP contribution < -0.4 is 5.73 Å². The first-order chi connectivity index (χ1) is 15.3. The minimum atomic E-state index is 0.425. The topological polar surface area (TPSA) is 47.7 Å². The Morgan fingerprint density at radius 3 is 2.16 bits per heavy atom. The van der Waals surface area contributed by atoms with E-state index in [4.69, 9.17) is 15.2 Å². The molecule has 1 aliphatic heterocycles. The second kappa shape index (κ2) is 29.1. The van der Waals surface area contributed by atoms with Crippen LogP contribution in [0.5, 0.6) is 0 Å². The van der Waals surface area contributed by atoms with Crippen LogP contribution in [-0.4, -0.2) is 51.0 Å². The van der Waals surface area contributed by atoms with E-state index >= 15 is 0 Å². The van der Waals surface area contributed by atoms with Gasteiger partial charge < -0.3 is 20.1 Å². The second-order valence-corrected chi connectivity index (χ2v) is 6.39.